The van der Waals surface area contributed by atoms with Crippen molar-refractivity contribution in [1.29, 1.82) is 0 Å². The van der Waals surface area contributed by atoms with Crippen molar-refractivity contribution in [2.75, 3.05) is 20.5 Å². The Hall–Kier alpha value is -1.64. The summed E-state index contributed by atoms with van der Waals surface area (Å²) in [5.41, 5.74) is 1.53. The molecule has 0 unspecified atom stereocenters. The summed E-state index contributed by atoms with van der Waals surface area (Å²) in [6.45, 7) is 1.83. The summed E-state index contributed by atoms with van der Waals surface area (Å²) in [5, 5.41) is 8.75. The van der Waals surface area contributed by atoms with Crippen LogP contribution in [0.5, 0.6) is 5.75 Å². The van der Waals surface area contributed by atoms with Gasteiger partial charge in [0.05, 0.1) is 13.2 Å². The predicted molar refractivity (Wildman–Crippen MR) is 78.1 cm³/mol. The first-order chi connectivity index (χ1) is 10.8. The standard InChI is InChI=1S/C14H16FN3O3S/c1-19-3-2-18-8-16-17-14(18)22-7-11-5-12(15)4-10-6-20-9-21-13(10)11/h4-5,8H,2-3,6-7,9H2,1H3. The van der Waals surface area contributed by atoms with Gasteiger partial charge in [-0.05, 0) is 12.1 Å². The molecule has 1 aromatic heterocycles. The Balaban J connectivity index is 1.74. The first-order valence-corrected chi connectivity index (χ1v) is 7.78. The lowest BCUT2D eigenvalue weighted by Gasteiger charge is -2.20. The van der Waals surface area contributed by atoms with Gasteiger partial charge in [0.25, 0.3) is 0 Å². The molecule has 0 spiro atoms. The van der Waals surface area contributed by atoms with Crippen molar-refractivity contribution in [2.45, 2.75) is 24.1 Å². The summed E-state index contributed by atoms with van der Waals surface area (Å²) in [6.07, 6.45) is 1.66. The molecular weight excluding hydrogens is 309 g/mol. The molecule has 8 heteroatoms. The summed E-state index contributed by atoms with van der Waals surface area (Å²) >= 11 is 1.49. The topological polar surface area (TPSA) is 58.4 Å². The molecule has 0 N–H and O–H groups in total. The Labute approximate surface area is 131 Å². The van der Waals surface area contributed by atoms with Gasteiger partial charge >= 0.3 is 0 Å². The zero-order valence-electron chi connectivity index (χ0n) is 12.1. The third-order valence-electron chi connectivity index (χ3n) is 3.22. The molecule has 0 amide bonds. The maximum atomic E-state index is 13.7. The number of benzene rings is 1. The molecule has 0 fully saturated rings. The minimum absolute atomic E-state index is 0.195. The number of hydrogen-bond donors (Lipinski definition) is 0. The van der Waals surface area contributed by atoms with Crippen molar-refractivity contribution < 1.29 is 18.6 Å². The van der Waals surface area contributed by atoms with Crippen molar-refractivity contribution in [3.8, 4) is 5.75 Å². The van der Waals surface area contributed by atoms with E-state index in [2.05, 4.69) is 10.2 Å². The van der Waals surface area contributed by atoms with Gasteiger partial charge in [0.2, 0.25) is 0 Å². The molecule has 0 bridgehead atoms. The number of aromatic nitrogens is 3. The molecule has 1 aliphatic rings. The van der Waals surface area contributed by atoms with Crippen LogP contribution in [0, 0.1) is 5.82 Å². The first kappa shape index (κ1) is 15.3. The summed E-state index contributed by atoms with van der Waals surface area (Å²) < 4.78 is 31.4. The van der Waals surface area contributed by atoms with Gasteiger partial charge in [-0.15, -0.1) is 10.2 Å². The van der Waals surface area contributed by atoms with Gasteiger partial charge in [-0.25, -0.2) is 4.39 Å². The molecule has 0 saturated heterocycles. The van der Waals surface area contributed by atoms with Crippen LogP contribution in [0.15, 0.2) is 23.6 Å². The zero-order chi connectivity index (χ0) is 15.4. The molecule has 0 radical (unpaired) electrons. The minimum atomic E-state index is -0.288. The normalized spacial score (nSPS) is 13.7. The Morgan fingerprint density at radius 1 is 1.45 bits per heavy atom. The minimum Gasteiger partial charge on any atom is -0.467 e. The highest BCUT2D eigenvalue weighted by Gasteiger charge is 2.17. The van der Waals surface area contributed by atoms with Gasteiger partial charge in [0, 0.05) is 30.5 Å². The number of fused-ring (bicyclic) bond motifs is 1. The highest BCUT2D eigenvalue weighted by molar-refractivity contribution is 7.98. The van der Waals surface area contributed by atoms with E-state index in [0.717, 1.165) is 16.3 Å². The van der Waals surface area contributed by atoms with Crippen LogP contribution in [0.4, 0.5) is 4.39 Å². The number of hydrogen-bond acceptors (Lipinski definition) is 6. The third kappa shape index (κ3) is 3.40. The van der Waals surface area contributed by atoms with Crippen LogP contribution in [0.1, 0.15) is 11.1 Å². The molecule has 118 valence electrons. The van der Waals surface area contributed by atoms with Crippen LogP contribution in [-0.2, 0) is 28.4 Å². The number of rotatable bonds is 6. The van der Waals surface area contributed by atoms with E-state index in [1.807, 2.05) is 4.57 Å². The molecule has 6 nitrogen and oxygen atoms in total. The van der Waals surface area contributed by atoms with E-state index in [9.17, 15) is 4.39 Å². The lowest BCUT2D eigenvalue weighted by Crippen LogP contribution is -2.13. The Morgan fingerprint density at radius 2 is 2.36 bits per heavy atom. The largest absolute Gasteiger partial charge is 0.467 e. The summed E-state index contributed by atoms with van der Waals surface area (Å²) in [6, 6.07) is 2.94. The van der Waals surface area contributed by atoms with E-state index in [4.69, 9.17) is 14.2 Å². The zero-order valence-corrected chi connectivity index (χ0v) is 12.9. The fraction of sp³-hybridized carbons (Fsp3) is 0.429. The molecule has 1 aromatic carbocycles. The maximum absolute atomic E-state index is 13.7. The SMILES string of the molecule is COCCn1cnnc1SCc1cc(F)cc2c1OCOC2. The maximum Gasteiger partial charge on any atom is 0.191 e. The Bertz CT molecular complexity index is 650. The number of methoxy groups -OCH3 is 1. The van der Waals surface area contributed by atoms with Crippen molar-refractivity contribution >= 4 is 11.8 Å². The average molecular weight is 325 g/mol. The van der Waals surface area contributed by atoms with E-state index in [1.165, 1.54) is 23.9 Å². The van der Waals surface area contributed by atoms with Crippen molar-refractivity contribution in [1.82, 2.24) is 14.8 Å². The fourth-order valence-corrected chi connectivity index (χ4v) is 3.11. The van der Waals surface area contributed by atoms with Gasteiger partial charge in [-0.3, -0.25) is 0 Å². The lowest BCUT2D eigenvalue weighted by atomic mass is 10.1. The molecule has 22 heavy (non-hydrogen) atoms. The molecule has 0 atom stereocenters. The smallest absolute Gasteiger partial charge is 0.191 e. The fourth-order valence-electron chi connectivity index (χ4n) is 2.21. The summed E-state index contributed by atoms with van der Waals surface area (Å²) in [7, 11) is 1.65. The number of halogens is 1. The lowest BCUT2D eigenvalue weighted by molar-refractivity contribution is -0.0171. The second-order valence-corrected chi connectivity index (χ2v) is 5.69. The van der Waals surface area contributed by atoms with E-state index in [-0.39, 0.29) is 12.6 Å². The van der Waals surface area contributed by atoms with Crippen LogP contribution in [0.25, 0.3) is 0 Å². The highest BCUT2D eigenvalue weighted by Crippen LogP contribution is 2.33. The third-order valence-corrected chi connectivity index (χ3v) is 4.25. The molecule has 3 rings (SSSR count). The van der Waals surface area contributed by atoms with Gasteiger partial charge in [0.15, 0.2) is 11.9 Å². The van der Waals surface area contributed by atoms with Crippen molar-refractivity contribution in [3.05, 3.63) is 35.4 Å². The van der Waals surface area contributed by atoms with Crippen molar-refractivity contribution in [3.63, 3.8) is 0 Å². The van der Waals surface area contributed by atoms with Crippen LogP contribution in [0.3, 0.4) is 0 Å². The van der Waals surface area contributed by atoms with Gasteiger partial charge in [-0.1, -0.05) is 11.8 Å². The quantitative estimate of drug-likeness (QED) is 0.759. The first-order valence-electron chi connectivity index (χ1n) is 6.79. The number of nitrogens with zero attached hydrogens (tertiary/aromatic N) is 3. The molecule has 1 aliphatic heterocycles. The Kier molecular flexibility index (Phi) is 4.91. The second kappa shape index (κ2) is 7.08. The average Bonchev–Trinajstić information content (AvgIpc) is 2.97. The van der Waals surface area contributed by atoms with Gasteiger partial charge in [0.1, 0.15) is 17.9 Å². The van der Waals surface area contributed by atoms with E-state index in [1.54, 1.807) is 13.4 Å². The molecule has 2 heterocycles. The van der Waals surface area contributed by atoms with Crippen LogP contribution >= 0.6 is 11.8 Å². The van der Waals surface area contributed by atoms with E-state index < -0.39 is 0 Å². The molecule has 0 saturated carbocycles. The Morgan fingerprint density at radius 3 is 3.23 bits per heavy atom. The van der Waals surface area contributed by atoms with Gasteiger partial charge in [-0.2, -0.15) is 0 Å². The monoisotopic (exact) mass is 325 g/mol. The highest BCUT2D eigenvalue weighted by atomic mass is 32.2. The number of thioether (sulfide) groups is 1. The van der Waals surface area contributed by atoms with Gasteiger partial charge < -0.3 is 18.8 Å². The molecular formula is C14H16FN3O3S. The predicted octanol–water partition coefficient (Wildman–Crippen LogP) is 2.22. The summed E-state index contributed by atoms with van der Waals surface area (Å²) in [5.74, 6) is 0.971. The van der Waals surface area contributed by atoms with Crippen molar-refractivity contribution in [2.24, 2.45) is 0 Å². The van der Waals surface area contributed by atoms with Crippen LogP contribution in [0.2, 0.25) is 0 Å². The van der Waals surface area contributed by atoms with Crippen LogP contribution < -0.4 is 4.74 Å². The number of ether oxygens (including phenoxy) is 3. The second-order valence-electron chi connectivity index (χ2n) is 4.75. The summed E-state index contributed by atoms with van der Waals surface area (Å²) in [4.78, 5) is 0. The molecule has 0 aliphatic carbocycles. The molecule has 2 aromatic rings. The van der Waals surface area contributed by atoms with Crippen LogP contribution in [-0.4, -0.2) is 35.3 Å². The van der Waals surface area contributed by atoms with E-state index >= 15 is 0 Å². The van der Waals surface area contributed by atoms with E-state index in [0.29, 0.717) is 31.3 Å².